The highest BCUT2D eigenvalue weighted by molar-refractivity contribution is 6.14. The molecule has 0 N–H and O–H groups in total. The molecule has 1 heterocycles. The number of nitrogens with zero attached hydrogens (tertiary/aromatic N) is 2. The third-order valence-corrected chi connectivity index (χ3v) is 11.9. The van der Waals surface area contributed by atoms with Gasteiger partial charge in [0, 0.05) is 38.9 Å². The van der Waals surface area contributed by atoms with Crippen molar-refractivity contribution in [2.45, 2.75) is 19.3 Å². The standard InChI is InChI=1S/C53H38N2/c1-53(2)49-34-43(27-29-45(49)46-28-23-36-13-11-12-20-44(36)52(46)53)54(40-16-5-3-6-17-40)42-25-21-35(22-26-42)39-24-30-50-47(32-39)48-31-37-14-9-10-15-38(37)33-51(48)55(50)41-18-7-4-8-19-41/h3-34H,1-2H3. The highest BCUT2D eigenvalue weighted by Gasteiger charge is 2.37. The van der Waals surface area contributed by atoms with Crippen molar-refractivity contribution in [3.63, 3.8) is 0 Å². The van der Waals surface area contributed by atoms with E-state index in [-0.39, 0.29) is 5.41 Å². The van der Waals surface area contributed by atoms with Crippen LogP contribution in [0.1, 0.15) is 25.0 Å². The van der Waals surface area contributed by atoms with E-state index in [0.29, 0.717) is 0 Å². The topological polar surface area (TPSA) is 8.17 Å². The summed E-state index contributed by atoms with van der Waals surface area (Å²) in [5.74, 6) is 0. The summed E-state index contributed by atoms with van der Waals surface area (Å²) in [6.07, 6.45) is 0. The van der Waals surface area contributed by atoms with Gasteiger partial charge in [0.25, 0.3) is 0 Å². The Balaban J connectivity index is 1.02. The molecule has 9 aromatic carbocycles. The smallest absolute Gasteiger partial charge is 0.0547 e. The van der Waals surface area contributed by atoms with Crippen LogP contribution in [0, 0.1) is 0 Å². The fourth-order valence-corrected chi connectivity index (χ4v) is 9.29. The van der Waals surface area contributed by atoms with E-state index in [1.54, 1.807) is 0 Å². The van der Waals surface area contributed by atoms with Crippen LogP contribution in [-0.2, 0) is 5.41 Å². The van der Waals surface area contributed by atoms with Gasteiger partial charge in [-0.05, 0) is 128 Å². The van der Waals surface area contributed by atoms with Gasteiger partial charge >= 0.3 is 0 Å². The van der Waals surface area contributed by atoms with Crippen LogP contribution in [0.4, 0.5) is 17.1 Å². The minimum atomic E-state index is -0.137. The Morgan fingerprint density at radius 2 is 1.00 bits per heavy atom. The molecule has 0 aliphatic heterocycles. The zero-order valence-electron chi connectivity index (χ0n) is 30.9. The maximum absolute atomic E-state index is 2.42. The first-order chi connectivity index (χ1) is 27.0. The van der Waals surface area contributed by atoms with Gasteiger partial charge in [-0.1, -0.05) is 135 Å². The van der Waals surface area contributed by atoms with Crippen LogP contribution in [0.25, 0.3) is 71.3 Å². The van der Waals surface area contributed by atoms with Gasteiger partial charge in [0.15, 0.2) is 0 Å². The molecule has 10 aromatic rings. The summed E-state index contributed by atoms with van der Waals surface area (Å²) in [4.78, 5) is 2.39. The number of rotatable bonds is 5. The summed E-state index contributed by atoms with van der Waals surface area (Å²) < 4.78 is 2.40. The largest absolute Gasteiger partial charge is 0.310 e. The maximum atomic E-state index is 2.42. The van der Waals surface area contributed by atoms with Gasteiger partial charge in [0.2, 0.25) is 0 Å². The van der Waals surface area contributed by atoms with Crippen LogP contribution in [0.2, 0.25) is 0 Å². The van der Waals surface area contributed by atoms with Gasteiger partial charge in [-0.15, -0.1) is 0 Å². The fourth-order valence-electron chi connectivity index (χ4n) is 9.29. The van der Waals surface area contributed by atoms with E-state index in [1.807, 2.05) is 0 Å². The summed E-state index contributed by atoms with van der Waals surface area (Å²) >= 11 is 0. The van der Waals surface area contributed by atoms with Crippen LogP contribution < -0.4 is 4.90 Å². The molecular weight excluding hydrogens is 665 g/mol. The molecule has 1 aliphatic carbocycles. The van der Waals surface area contributed by atoms with Crippen molar-refractivity contribution in [3.8, 4) is 27.9 Å². The summed E-state index contributed by atoms with van der Waals surface area (Å²) in [6.45, 7) is 4.76. The first kappa shape index (κ1) is 31.6. The minimum Gasteiger partial charge on any atom is -0.310 e. The molecular formula is C53H38N2. The molecule has 0 saturated carbocycles. The molecule has 2 heteroatoms. The number of anilines is 3. The molecule has 0 spiro atoms. The van der Waals surface area contributed by atoms with Gasteiger partial charge in [-0.3, -0.25) is 0 Å². The Morgan fingerprint density at radius 1 is 0.400 bits per heavy atom. The zero-order chi connectivity index (χ0) is 36.7. The lowest BCUT2D eigenvalue weighted by molar-refractivity contribution is 0.666. The van der Waals surface area contributed by atoms with Crippen molar-refractivity contribution in [2.75, 3.05) is 4.90 Å². The molecule has 1 aliphatic rings. The van der Waals surface area contributed by atoms with E-state index in [9.17, 15) is 0 Å². The van der Waals surface area contributed by atoms with Gasteiger partial charge in [-0.2, -0.15) is 0 Å². The number of hydrogen-bond acceptors (Lipinski definition) is 1. The van der Waals surface area contributed by atoms with Gasteiger partial charge < -0.3 is 9.47 Å². The highest BCUT2D eigenvalue weighted by atomic mass is 15.1. The molecule has 55 heavy (non-hydrogen) atoms. The predicted octanol–water partition coefficient (Wildman–Crippen LogP) is 14.5. The van der Waals surface area contributed by atoms with E-state index in [0.717, 1.165) is 17.1 Å². The first-order valence-corrected chi connectivity index (χ1v) is 19.2. The van der Waals surface area contributed by atoms with Crippen LogP contribution in [0.3, 0.4) is 0 Å². The molecule has 11 rings (SSSR count). The van der Waals surface area contributed by atoms with E-state index < -0.39 is 0 Å². The molecule has 0 bridgehead atoms. The Kier molecular flexibility index (Phi) is 6.93. The van der Waals surface area contributed by atoms with Crippen LogP contribution in [0.15, 0.2) is 194 Å². The molecule has 0 amide bonds. The van der Waals surface area contributed by atoms with Gasteiger partial charge in [-0.25, -0.2) is 0 Å². The van der Waals surface area contributed by atoms with Gasteiger partial charge in [0.05, 0.1) is 11.0 Å². The third kappa shape index (κ3) is 4.88. The lowest BCUT2D eigenvalue weighted by atomic mass is 9.80. The molecule has 0 radical (unpaired) electrons. The minimum absolute atomic E-state index is 0.137. The van der Waals surface area contributed by atoms with E-state index in [2.05, 4.69) is 217 Å². The number of aromatic nitrogens is 1. The number of hydrogen-bond donors (Lipinski definition) is 0. The lowest BCUT2D eigenvalue weighted by Crippen LogP contribution is -2.17. The highest BCUT2D eigenvalue weighted by Crippen LogP contribution is 2.53. The molecule has 1 aromatic heterocycles. The van der Waals surface area contributed by atoms with E-state index in [1.165, 1.54) is 82.4 Å². The third-order valence-electron chi connectivity index (χ3n) is 11.9. The molecule has 2 nitrogen and oxygen atoms in total. The van der Waals surface area contributed by atoms with Crippen LogP contribution in [0.5, 0.6) is 0 Å². The molecule has 0 atom stereocenters. The fraction of sp³-hybridized carbons (Fsp3) is 0.0566. The SMILES string of the molecule is CC1(C)c2cc(N(c3ccccc3)c3ccc(-c4ccc5c(c4)c4cc6ccccc6cc4n5-c4ccccc4)cc3)ccc2-c2ccc3ccccc3c21. The number of benzene rings is 9. The average Bonchev–Trinajstić information content (AvgIpc) is 3.68. The van der Waals surface area contributed by atoms with Crippen molar-refractivity contribution in [1.29, 1.82) is 0 Å². The van der Waals surface area contributed by atoms with Crippen LogP contribution >= 0.6 is 0 Å². The molecule has 260 valence electrons. The van der Waals surface area contributed by atoms with Crippen molar-refractivity contribution >= 4 is 60.4 Å². The summed E-state index contributed by atoms with van der Waals surface area (Å²) in [6, 6.07) is 71.3. The zero-order valence-corrected chi connectivity index (χ0v) is 30.9. The second-order valence-corrected chi connectivity index (χ2v) is 15.4. The average molecular weight is 703 g/mol. The Labute approximate surface area is 321 Å². The van der Waals surface area contributed by atoms with Crippen molar-refractivity contribution in [2.24, 2.45) is 0 Å². The predicted molar refractivity (Wildman–Crippen MR) is 233 cm³/mol. The van der Waals surface area contributed by atoms with E-state index >= 15 is 0 Å². The second-order valence-electron chi connectivity index (χ2n) is 15.4. The second kappa shape index (κ2) is 12.1. The Hall–Kier alpha value is -6.90. The summed E-state index contributed by atoms with van der Waals surface area (Å²) in [5, 5.41) is 7.66. The van der Waals surface area contributed by atoms with Crippen molar-refractivity contribution in [1.82, 2.24) is 4.57 Å². The van der Waals surface area contributed by atoms with Crippen molar-refractivity contribution in [3.05, 3.63) is 205 Å². The van der Waals surface area contributed by atoms with Crippen molar-refractivity contribution < 1.29 is 0 Å². The van der Waals surface area contributed by atoms with Gasteiger partial charge in [0.1, 0.15) is 0 Å². The number of para-hydroxylation sites is 2. The normalized spacial score (nSPS) is 13.1. The Morgan fingerprint density at radius 3 is 1.78 bits per heavy atom. The summed E-state index contributed by atoms with van der Waals surface area (Å²) in [7, 11) is 0. The molecule has 0 unspecified atom stereocenters. The van der Waals surface area contributed by atoms with E-state index in [4.69, 9.17) is 0 Å². The monoisotopic (exact) mass is 702 g/mol. The summed E-state index contributed by atoms with van der Waals surface area (Å²) in [5.41, 5.74) is 14.7. The molecule has 0 saturated heterocycles. The lowest BCUT2D eigenvalue weighted by Gasteiger charge is -2.28. The maximum Gasteiger partial charge on any atom is 0.0547 e. The quantitative estimate of drug-likeness (QED) is 0.173. The molecule has 0 fully saturated rings. The Bertz CT molecular complexity index is 3100. The number of fused-ring (bicyclic) bond motifs is 9. The van der Waals surface area contributed by atoms with Crippen LogP contribution in [-0.4, -0.2) is 4.57 Å². The first-order valence-electron chi connectivity index (χ1n) is 19.2.